The molecule has 0 saturated heterocycles. The molecule has 27 heavy (non-hydrogen) atoms. The molecule has 2 rings (SSSR count). The lowest BCUT2D eigenvalue weighted by atomic mass is 9.92. The van der Waals surface area contributed by atoms with Crippen molar-refractivity contribution in [1.82, 2.24) is 4.31 Å². The molecule has 140 valence electrons. The topological polar surface area (TPSA) is 3.24 Å². The van der Waals surface area contributed by atoms with Crippen LogP contribution in [0.2, 0.25) is 5.02 Å². The highest BCUT2D eigenvalue weighted by Crippen LogP contribution is 2.35. The highest BCUT2D eigenvalue weighted by atomic mass is 35.5. The van der Waals surface area contributed by atoms with Gasteiger partial charge >= 0.3 is 0 Å². The third-order valence-corrected chi connectivity index (χ3v) is 5.49. The summed E-state index contributed by atoms with van der Waals surface area (Å²) < 4.78 is 2.13. The molecular weight excluding hydrogens is 370 g/mol. The lowest BCUT2D eigenvalue weighted by molar-refractivity contribution is 0.804. The Balaban J connectivity index is 2.78. The summed E-state index contributed by atoms with van der Waals surface area (Å²) in [5, 5.41) is 0.710. The van der Waals surface area contributed by atoms with Crippen LogP contribution in [0.4, 0.5) is 0 Å². The molecule has 0 amide bonds. The predicted molar refractivity (Wildman–Crippen MR) is 124 cm³/mol. The van der Waals surface area contributed by atoms with Crippen molar-refractivity contribution in [3.05, 3.63) is 107 Å². The Morgan fingerprint density at radius 2 is 1.63 bits per heavy atom. The van der Waals surface area contributed by atoms with E-state index in [1.807, 2.05) is 37.4 Å². The number of nitrogens with zero attached hydrogens (tertiary/aromatic N) is 1. The number of allylic oxidation sites excluding steroid dienone is 5. The second-order valence-corrected chi connectivity index (χ2v) is 7.61. The van der Waals surface area contributed by atoms with Crippen molar-refractivity contribution < 1.29 is 0 Å². The molecule has 1 nitrogen and oxygen atoms in total. The quantitative estimate of drug-likeness (QED) is 0.354. The molecule has 2 aromatic rings. The van der Waals surface area contributed by atoms with E-state index in [0.717, 1.165) is 28.0 Å². The van der Waals surface area contributed by atoms with Crippen molar-refractivity contribution in [3.63, 3.8) is 0 Å². The van der Waals surface area contributed by atoms with Gasteiger partial charge in [0.25, 0.3) is 0 Å². The number of rotatable bonds is 7. The molecule has 0 fully saturated rings. The summed E-state index contributed by atoms with van der Waals surface area (Å²) in [6.07, 6.45) is 5.86. The van der Waals surface area contributed by atoms with E-state index in [4.69, 9.17) is 11.6 Å². The molecule has 0 aliphatic heterocycles. The van der Waals surface area contributed by atoms with Crippen molar-refractivity contribution in [2.45, 2.75) is 13.8 Å². The fraction of sp³-hybridized carbons (Fsp3) is 0.167. The summed E-state index contributed by atoms with van der Waals surface area (Å²) in [6, 6.07) is 16.5. The maximum absolute atomic E-state index is 6.27. The van der Waals surface area contributed by atoms with Crippen LogP contribution in [-0.4, -0.2) is 17.6 Å². The van der Waals surface area contributed by atoms with E-state index in [1.54, 1.807) is 11.9 Å². The smallest absolute Gasteiger partial charge is 0.0617 e. The van der Waals surface area contributed by atoms with Gasteiger partial charge in [-0.15, -0.1) is 0 Å². The highest BCUT2D eigenvalue weighted by Gasteiger charge is 2.16. The number of halogens is 1. The van der Waals surface area contributed by atoms with E-state index in [0.29, 0.717) is 5.02 Å². The third-order valence-electron chi connectivity index (χ3n) is 4.53. The van der Waals surface area contributed by atoms with Gasteiger partial charge < -0.3 is 4.31 Å². The van der Waals surface area contributed by atoms with Crippen LogP contribution in [0, 0.1) is 6.92 Å². The average molecular weight is 396 g/mol. The molecule has 0 radical (unpaired) electrons. The van der Waals surface area contributed by atoms with Crippen molar-refractivity contribution in [3.8, 4) is 0 Å². The minimum atomic E-state index is 0.710. The van der Waals surface area contributed by atoms with Gasteiger partial charge in [0.15, 0.2) is 0 Å². The Morgan fingerprint density at radius 3 is 2.15 bits per heavy atom. The van der Waals surface area contributed by atoms with Crippen LogP contribution in [-0.2, 0) is 0 Å². The van der Waals surface area contributed by atoms with Gasteiger partial charge in [-0.1, -0.05) is 90.8 Å². The first kappa shape index (κ1) is 21.1. The number of hydrogen-bond acceptors (Lipinski definition) is 2. The van der Waals surface area contributed by atoms with Gasteiger partial charge in [-0.3, -0.25) is 0 Å². The largest absolute Gasteiger partial charge is 0.318 e. The maximum atomic E-state index is 6.27. The minimum Gasteiger partial charge on any atom is -0.318 e. The van der Waals surface area contributed by atoms with Gasteiger partial charge in [-0.25, -0.2) is 0 Å². The second-order valence-electron chi connectivity index (χ2n) is 6.27. The molecule has 0 atom stereocenters. The fourth-order valence-electron chi connectivity index (χ4n) is 2.99. The van der Waals surface area contributed by atoms with E-state index in [-0.39, 0.29) is 0 Å². The summed E-state index contributed by atoms with van der Waals surface area (Å²) in [6.45, 7) is 12.4. The van der Waals surface area contributed by atoms with E-state index in [1.165, 1.54) is 11.1 Å². The molecule has 0 aliphatic carbocycles. The van der Waals surface area contributed by atoms with Crippen molar-refractivity contribution in [2.75, 3.05) is 13.3 Å². The highest BCUT2D eigenvalue weighted by molar-refractivity contribution is 7.96. The minimum absolute atomic E-state index is 0.710. The van der Waals surface area contributed by atoms with Crippen LogP contribution < -0.4 is 0 Å². The Kier molecular flexibility index (Phi) is 7.58. The first-order valence-corrected chi connectivity index (χ1v) is 10.3. The Hall–Kier alpha value is -2.16. The summed E-state index contributed by atoms with van der Waals surface area (Å²) >= 11 is 7.91. The standard InChI is InChI=1S/C24H26ClNS/c1-7-22(18(4)19-14-12-17(3)13-15-19)23(8-2)24(26(5)27-6)20-10-9-11-21(25)16-20/h7-16H,1-2H2,3-6H3/b22-18+,24-23-. The molecule has 0 N–H and O–H groups in total. The zero-order valence-electron chi connectivity index (χ0n) is 16.4. The van der Waals surface area contributed by atoms with Crippen molar-refractivity contribution >= 4 is 34.8 Å². The summed E-state index contributed by atoms with van der Waals surface area (Å²) in [7, 11) is 2.05. The van der Waals surface area contributed by atoms with Gasteiger partial charge in [-0.2, -0.15) is 0 Å². The molecule has 0 aromatic heterocycles. The molecule has 0 bridgehead atoms. The van der Waals surface area contributed by atoms with E-state index in [2.05, 4.69) is 67.9 Å². The molecular formula is C24H26ClNS. The summed E-state index contributed by atoms with van der Waals surface area (Å²) in [5.41, 5.74) is 7.77. The zero-order valence-corrected chi connectivity index (χ0v) is 18.0. The van der Waals surface area contributed by atoms with Gasteiger partial charge in [0.05, 0.1) is 5.70 Å². The van der Waals surface area contributed by atoms with Crippen LogP contribution in [0.5, 0.6) is 0 Å². The third kappa shape index (κ3) is 4.97. The van der Waals surface area contributed by atoms with Crippen LogP contribution in [0.25, 0.3) is 11.3 Å². The molecule has 2 aromatic carbocycles. The maximum Gasteiger partial charge on any atom is 0.0617 e. The van der Waals surface area contributed by atoms with Crippen LogP contribution in [0.1, 0.15) is 23.6 Å². The molecule has 0 aliphatic rings. The number of aryl methyl sites for hydroxylation is 1. The molecule has 0 spiro atoms. The van der Waals surface area contributed by atoms with Crippen LogP contribution in [0.15, 0.2) is 85.0 Å². The predicted octanol–water partition coefficient (Wildman–Crippen LogP) is 7.42. The van der Waals surface area contributed by atoms with Crippen molar-refractivity contribution in [2.24, 2.45) is 0 Å². The Morgan fingerprint density at radius 1 is 1.00 bits per heavy atom. The Labute approximate surface area is 172 Å². The van der Waals surface area contributed by atoms with Gasteiger partial charge in [-0.05, 0) is 42.7 Å². The SMILES string of the molecule is C=CC(=C(\c1cccc(Cl)c1)N(C)SC)/C(C=C)=C(\C)c1ccc(C)cc1. The van der Waals surface area contributed by atoms with Gasteiger partial charge in [0, 0.05) is 29.5 Å². The summed E-state index contributed by atoms with van der Waals surface area (Å²) in [5.74, 6) is 0. The van der Waals surface area contributed by atoms with E-state index >= 15 is 0 Å². The molecule has 0 unspecified atom stereocenters. The van der Waals surface area contributed by atoms with E-state index < -0.39 is 0 Å². The van der Waals surface area contributed by atoms with Gasteiger partial charge in [0.1, 0.15) is 0 Å². The zero-order chi connectivity index (χ0) is 20.0. The second kappa shape index (κ2) is 9.68. The fourth-order valence-corrected chi connectivity index (χ4v) is 3.57. The molecule has 0 heterocycles. The lowest BCUT2D eigenvalue weighted by Crippen LogP contribution is -2.10. The molecule has 3 heteroatoms. The summed E-state index contributed by atoms with van der Waals surface area (Å²) in [4.78, 5) is 0. The molecule has 0 saturated carbocycles. The monoisotopic (exact) mass is 395 g/mol. The van der Waals surface area contributed by atoms with E-state index in [9.17, 15) is 0 Å². The normalized spacial score (nSPS) is 12.8. The lowest BCUT2D eigenvalue weighted by Gasteiger charge is -2.24. The van der Waals surface area contributed by atoms with Gasteiger partial charge in [0.2, 0.25) is 0 Å². The Bertz CT molecular complexity index is 891. The van der Waals surface area contributed by atoms with Crippen LogP contribution in [0.3, 0.4) is 0 Å². The van der Waals surface area contributed by atoms with Crippen molar-refractivity contribution in [1.29, 1.82) is 0 Å². The van der Waals surface area contributed by atoms with Crippen LogP contribution >= 0.6 is 23.5 Å². The average Bonchev–Trinajstić information content (AvgIpc) is 2.67. The number of benzene rings is 2. The number of hydrogen-bond donors (Lipinski definition) is 0. The first-order chi connectivity index (χ1) is 12.9. The first-order valence-electron chi connectivity index (χ1n) is 8.74.